The van der Waals surface area contributed by atoms with E-state index in [1.54, 1.807) is 23.2 Å². The van der Waals surface area contributed by atoms with Crippen molar-refractivity contribution < 1.29 is 9.18 Å². The first-order chi connectivity index (χ1) is 12.1. The molecule has 130 valence electrons. The van der Waals surface area contributed by atoms with Crippen molar-refractivity contribution in [1.82, 2.24) is 10.3 Å². The first-order valence-corrected chi connectivity index (χ1v) is 8.54. The van der Waals surface area contributed by atoms with Gasteiger partial charge in [0.1, 0.15) is 11.6 Å². The Balaban J connectivity index is 1.93. The third-order valence-electron chi connectivity index (χ3n) is 4.31. The van der Waals surface area contributed by atoms with Crippen molar-refractivity contribution in [3.63, 3.8) is 0 Å². The average Bonchev–Trinajstić information content (AvgIpc) is 2.61. The Labute approximate surface area is 147 Å². The quantitative estimate of drug-likeness (QED) is 0.929. The number of aryl methyl sites for hydroxylation is 1. The maximum Gasteiger partial charge on any atom is 0.242 e. The van der Waals surface area contributed by atoms with Gasteiger partial charge in [-0.25, -0.2) is 9.37 Å². The molecule has 2 heterocycles. The van der Waals surface area contributed by atoms with E-state index in [0.29, 0.717) is 18.9 Å². The van der Waals surface area contributed by atoms with Crippen molar-refractivity contribution in [3.8, 4) is 0 Å². The number of pyridine rings is 1. The molecule has 0 spiro atoms. The number of nitrogens with one attached hydrogen (secondary N) is 1. The van der Waals surface area contributed by atoms with Crippen LogP contribution in [0.3, 0.4) is 0 Å². The van der Waals surface area contributed by atoms with E-state index in [2.05, 4.69) is 23.3 Å². The number of piperazine rings is 1. The molecule has 0 radical (unpaired) electrons. The van der Waals surface area contributed by atoms with Crippen LogP contribution in [0.4, 0.5) is 10.2 Å². The van der Waals surface area contributed by atoms with Crippen molar-refractivity contribution in [3.05, 3.63) is 65.1 Å². The molecule has 1 aromatic heterocycles. The van der Waals surface area contributed by atoms with Crippen LogP contribution in [0.25, 0.3) is 5.57 Å². The smallest absolute Gasteiger partial charge is 0.242 e. The summed E-state index contributed by atoms with van der Waals surface area (Å²) in [5, 5.41) is 3.05. The molecule has 0 unspecified atom stereocenters. The molecular weight excluding hydrogens is 317 g/mol. The highest BCUT2D eigenvalue weighted by Gasteiger charge is 2.20. The lowest BCUT2D eigenvalue weighted by Crippen LogP contribution is -2.48. The Kier molecular flexibility index (Phi) is 5.24. The number of allylic oxidation sites excluding steroid dienone is 1. The van der Waals surface area contributed by atoms with Gasteiger partial charge in [-0.2, -0.15) is 0 Å². The van der Waals surface area contributed by atoms with Crippen molar-refractivity contribution in [2.45, 2.75) is 20.3 Å². The molecule has 1 saturated heterocycles. The van der Waals surface area contributed by atoms with Crippen LogP contribution in [0.15, 0.2) is 42.6 Å². The van der Waals surface area contributed by atoms with Gasteiger partial charge in [-0.3, -0.25) is 9.69 Å². The third-order valence-corrected chi connectivity index (χ3v) is 4.31. The molecule has 25 heavy (non-hydrogen) atoms. The number of carbonyl (C=O) groups is 1. The second kappa shape index (κ2) is 7.57. The predicted octanol–water partition coefficient (Wildman–Crippen LogP) is 3.31. The zero-order chi connectivity index (χ0) is 17.8. The van der Waals surface area contributed by atoms with Crippen LogP contribution in [-0.2, 0) is 4.79 Å². The Hall–Kier alpha value is -2.53. The summed E-state index contributed by atoms with van der Waals surface area (Å²) in [6.45, 7) is 5.72. The van der Waals surface area contributed by atoms with Gasteiger partial charge in [-0.1, -0.05) is 19.1 Å². The fourth-order valence-electron chi connectivity index (χ4n) is 3.07. The molecule has 0 atom stereocenters. The minimum absolute atomic E-state index is 0.0326. The molecule has 1 aromatic carbocycles. The molecule has 0 saturated carbocycles. The summed E-state index contributed by atoms with van der Waals surface area (Å²) in [4.78, 5) is 18.2. The predicted molar refractivity (Wildman–Crippen MR) is 98.0 cm³/mol. The first kappa shape index (κ1) is 17.3. The van der Waals surface area contributed by atoms with E-state index in [4.69, 9.17) is 0 Å². The van der Waals surface area contributed by atoms with Gasteiger partial charge in [0.25, 0.3) is 0 Å². The molecule has 0 bridgehead atoms. The minimum Gasteiger partial charge on any atom is -0.307 e. The number of benzene rings is 1. The lowest BCUT2D eigenvalue weighted by Gasteiger charge is -2.26. The third kappa shape index (κ3) is 3.77. The van der Waals surface area contributed by atoms with E-state index in [-0.39, 0.29) is 11.7 Å². The number of carbonyl (C=O) groups excluding carboxylic acids is 1. The van der Waals surface area contributed by atoms with Crippen LogP contribution in [0.1, 0.15) is 30.0 Å². The molecule has 3 rings (SSSR count). The number of rotatable bonds is 4. The van der Waals surface area contributed by atoms with Gasteiger partial charge in [0, 0.05) is 24.8 Å². The lowest BCUT2D eigenvalue weighted by atomic mass is 9.94. The molecule has 2 aromatic rings. The van der Waals surface area contributed by atoms with Gasteiger partial charge in [-0.15, -0.1) is 0 Å². The number of hydrogen-bond acceptors (Lipinski definition) is 3. The highest BCUT2D eigenvalue weighted by atomic mass is 19.1. The largest absolute Gasteiger partial charge is 0.307 e. The van der Waals surface area contributed by atoms with Gasteiger partial charge >= 0.3 is 0 Å². The number of aromatic nitrogens is 1. The van der Waals surface area contributed by atoms with Gasteiger partial charge in [0.2, 0.25) is 5.91 Å². The summed E-state index contributed by atoms with van der Waals surface area (Å²) in [5.74, 6) is 0.468. The monoisotopic (exact) mass is 339 g/mol. The highest BCUT2D eigenvalue weighted by Crippen LogP contribution is 2.28. The van der Waals surface area contributed by atoms with Crippen LogP contribution in [-0.4, -0.2) is 30.5 Å². The summed E-state index contributed by atoms with van der Waals surface area (Å²) >= 11 is 0. The Morgan fingerprint density at radius 3 is 2.84 bits per heavy atom. The summed E-state index contributed by atoms with van der Waals surface area (Å²) in [5.41, 5.74) is 3.88. The molecule has 0 aliphatic carbocycles. The summed E-state index contributed by atoms with van der Waals surface area (Å²) in [6, 6.07) is 8.68. The van der Waals surface area contributed by atoms with Crippen LogP contribution < -0.4 is 10.2 Å². The van der Waals surface area contributed by atoms with E-state index in [0.717, 1.165) is 35.2 Å². The van der Waals surface area contributed by atoms with Gasteiger partial charge in [0.05, 0.1) is 6.54 Å². The second-order valence-electron chi connectivity index (χ2n) is 6.11. The Bertz CT molecular complexity index is 799. The molecule has 1 aliphatic heterocycles. The maximum atomic E-state index is 13.4. The standard InChI is InChI=1S/C20H22FN3O/c1-3-4-18(17-7-6-16(21)11-14(17)2)15-5-8-19(23-12-15)24-10-9-22-13-20(24)25/h4-8,11-12,22H,3,9-10,13H2,1-2H3. The molecule has 5 heteroatoms. The SMILES string of the molecule is CCC=C(c1ccc(N2CCNCC2=O)nc1)c1ccc(F)cc1C. The van der Waals surface area contributed by atoms with Crippen molar-refractivity contribution in [2.75, 3.05) is 24.5 Å². The maximum absolute atomic E-state index is 13.4. The van der Waals surface area contributed by atoms with Gasteiger partial charge in [-0.05, 0) is 54.3 Å². The van der Waals surface area contributed by atoms with Crippen LogP contribution in [0.2, 0.25) is 0 Å². The molecule has 1 fully saturated rings. The van der Waals surface area contributed by atoms with Crippen molar-refractivity contribution in [2.24, 2.45) is 0 Å². The topological polar surface area (TPSA) is 45.2 Å². The van der Waals surface area contributed by atoms with Crippen LogP contribution >= 0.6 is 0 Å². The lowest BCUT2D eigenvalue weighted by molar-refractivity contribution is -0.118. The fourth-order valence-corrected chi connectivity index (χ4v) is 3.07. The average molecular weight is 339 g/mol. The normalized spacial score (nSPS) is 15.6. The summed E-state index contributed by atoms with van der Waals surface area (Å²) < 4.78 is 13.4. The minimum atomic E-state index is -0.234. The fraction of sp³-hybridized carbons (Fsp3) is 0.300. The second-order valence-corrected chi connectivity index (χ2v) is 6.11. The first-order valence-electron chi connectivity index (χ1n) is 8.54. The molecule has 1 aliphatic rings. The number of halogens is 1. The summed E-state index contributed by atoms with van der Waals surface area (Å²) in [7, 11) is 0. The molecule has 1 N–H and O–H groups in total. The van der Waals surface area contributed by atoms with Crippen LogP contribution in [0.5, 0.6) is 0 Å². The zero-order valence-electron chi connectivity index (χ0n) is 14.6. The number of nitrogens with zero attached hydrogens (tertiary/aromatic N) is 2. The van der Waals surface area contributed by atoms with E-state index in [1.807, 2.05) is 19.1 Å². The summed E-state index contributed by atoms with van der Waals surface area (Å²) in [6.07, 6.45) is 4.77. The van der Waals surface area contributed by atoms with Gasteiger partial charge < -0.3 is 5.32 Å². The number of hydrogen-bond donors (Lipinski definition) is 1. The highest BCUT2D eigenvalue weighted by molar-refractivity contribution is 5.94. The Morgan fingerprint density at radius 1 is 1.36 bits per heavy atom. The van der Waals surface area contributed by atoms with Gasteiger partial charge in [0.15, 0.2) is 0 Å². The van der Waals surface area contributed by atoms with E-state index < -0.39 is 0 Å². The molecule has 4 nitrogen and oxygen atoms in total. The Morgan fingerprint density at radius 2 is 2.20 bits per heavy atom. The zero-order valence-corrected chi connectivity index (χ0v) is 14.6. The van der Waals surface area contributed by atoms with Crippen molar-refractivity contribution >= 4 is 17.3 Å². The molecular formula is C20H22FN3O. The van der Waals surface area contributed by atoms with E-state index >= 15 is 0 Å². The van der Waals surface area contributed by atoms with Crippen molar-refractivity contribution in [1.29, 1.82) is 0 Å². The number of amides is 1. The van der Waals surface area contributed by atoms with Crippen LogP contribution in [0, 0.1) is 12.7 Å². The van der Waals surface area contributed by atoms with E-state index in [9.17, 15) is 9.18 Å². The number of anilines is 1. The molecule has 1 amide bonds. The van der Waals surface area contributed by atoms with E-state index in [1.165, 1.54) is 6.07 Å².